The number of anilines is 1. The fraction of sp³-hybridized carbons (Fsp3) is 0.478. The predicted octanol–water partition coefficient (Wildman–Crippen LogP) is 3.54. The van der Waals surface area contributed by atoms with E-state index in [0.29, 0.717) is 19.4 Å². The largest absolute Gasteiger partial charge is 0.469 e. The number of carbonyl (C=O) groups is 1. The van der Waals surface area contributed by atoms with Crippen LogP contribution in [0.2, 0.25) is 0 Å². The summed E-state index contributed by atoms with van der Waals surface area (Å²) in [5.41, 5.74) is 3.83. The van der Waals surface area contributed by atoms with Crippen LogP contribution in [-0.4, -0.2) is 39.6 Å². The van der Waals surface area contributed by atoms with Crippen LogP contribution in [0.1, 0.15) is 49.7 Å². The van der Waals surface area contributed by atoms with Gasteiger partial charge < -0.3 is 19.5 Å². The molecule has 170 valence electrons. The first-order chi connectivity index (χ1) is 15.6. The van der Waals surface area contributed by atoms with Crippen molar-refractivity contribution in [2.45, 2.75) is 52.0 Å². The first-order valence-electron chi connectivity index (χ1n) is 11.0. The fourth-order valence-electron chi connectivity index (χ4n) is 3.82. The molecule has 9 nitrogen and oxygen atoms in total. The van der Waals surface area contributed by atoms with E-state index in [9.17, 15) is 4.79 Å². The fourth-order valence-corrected chi connectivity index (χ4v) is 3.82. The van der Waals surface area contributed by atoms with E-state index in [0.717, 1.165) is 71.1 Å². The number of hydrogen-bond donors (Lipinski definition) is 1. The molecule has 3 aromatic rings. The Bertz CT molecular complexity index is 1110. The van der Waals surface area contributed by atoms with Gasteiger partial charge >= 0.3 is 5.97 Å². The molecule has 0 spiro atoms. The van der Waals surface area contributed by atoms with Gasteiger partial charge in [-0.3, -0.25) is 9.48 Å². The van der Waals surface area contributed by atoms with Gasteiger partial charge in [-0.15, -0.1) is 0 Å². The average Bonchev–Trinajstić information content (AvgIpc) is 3.39. The van der Waals surface area contributed by atoms with Gasteiger partial charge in [0.1, 0.15) is 16.9 Å². The number of rotatable bonds is 10. The number of nitrogens with one attached hydrogen (secondary N) is 1. The first kappa shape index (κ1) is 21.9. The molecule has 0 bridgehead atoms. The molecule has 1 N–H and O–H groups in total. The Morgan fingerprint density at radius 1 is 1.19 bits per heavy atom. The zero-order chi connectivity index (χ0) is 22.5. The van der Waals surface area contributed by atoms with E-state index in [2.05, 4.69) is 12.2 Å². The van der Waals surface area contributed by atoms with Crippen LogP contribution in [0, 0.1) is 0 Å². The molecule has 32 heavy (non-hydrogen) atoms. The summed E-state index contributed by atoms with van der Waals surface area (Å²) < 4.78 is 17.5. The normalized spacial score (nSPS) is 12.3. The number of fused-ring (bicyclic) bond motifs is 2. The molecule has 0 unspecified atom stereocenters. The second-order valence-corrected chi connectivity index (χ2v) is 7.83. The Kier molecular flexibility index (Phi) is 6.72. The van der Waals surface area contributed by atoms with Crippen LogP contribution >= 0.6 is 0 Å². The summed E-state index contributed by atoms with van der Waals surface area (Å²) in [6, 6.07) is 5.91. The molecular weight excluding hydrogens is 410 g/mol. The van der Waals surface area contributed by atoms with Crippen LogP contribution < -0.4 is 14.8 Å². The lowest BCUT2D eigenvalue weighted by Gasteiger charge is -2.11. The minimum Gasteiger partial charge on any atom is -0.469 e. The third-order valence-corrected chi connectivity index (χ3v) is 5.44. The molecule has 0 atom stereocenters. The molecule has 0 saturated carbocycles. The van der Waals surface area contributed by atoms with Crippen molar-refractivity contribution in [1.29, 1.82) is 0 Å². The standard InChI is InChI=1S/C23H29N5O4/c1-4-7-16-21-22(28(2)27-16)23(26-19(25-21)8-5-6-9-20(29)30-3)24-13-15-10-11-17-18(12-15)32-14-31-17/h10-12H,4-9,13-14H2,1-3H3,(H,24,25,26). The second-order valence-electron chi connectivity index (χ2n) is 7.83. The highest BCUT2D eigenvalue weighted by Gasteiger charge is 2.18. The van der Waals surface area contributed by atoms with Crippen molar-refractivity contribution in [3.8, 4) is 11.5 Å². The molecule has 9 heteroatoms. The molecule has 0 aliphatic carbocycles. The van der Waals surface area contributed by atoms with Gasteiger partial charge in [-0.25, -0.2) is 9.97 Å². The van der Waals surface area contributed by atoms with Gasteiger partial charge in [-0.1, -0.05) is 19.4 Å². The Balaban J connectivity index is 1.56. The Labute approximate surface area is 187 Å². The van der Waals surface area contributed by atoms with Gasteiger partial charge in [-0.05, 0) is 37.0 Å². The Morgan fingerprint density at radius 3 is 2.84 bits per heavy atom. The smallest absolute Gasteiger partial charge is 0.305 e. The maximum Gasteiger partial charge on any atom is 0.305 e. The van der Waals surface area contributed by atoms with Crippen molar-refractivity contribution in [3.05, 3.63) is 35.3 Å². The van der Waals surface area contributed by atoms with Crippen LogP contribution in [0.25, 0.3) is 11.0 Å². The molecular formula is C23H29N5O4. The number of unbranched alkanes of at least 4 members (excludes halogenated alkanes) is 1. The number of hydrogen-bond acceptors (Lipinski definition) is 8. The number of benzene rings is 1. The SMILES string of the molecule is CCCc1nn(C)c2c(NCc3ccc4c(c3)OCO4)nc(CCCCC(=O)OC)nc12. The van der Waals surface area contributed by atoms with Crippen LogP contribution in [-0.2, 0) is 36.0 Å². The van der Waals surface area contributed by atoms with Crippen molar-refractivity contribution in [3.63, 3.8) is 0 Å². The molecule has 1 aliphatic heterocycles. The van der Waals surface area contributed by atoms with E-state index >= 15 is 0 Å². The summed E-state index contributed by atoms with van der Waals surface area (Å²) in [5, 5.41) is 8.16. The van der Waals surface area contributed by atoms with Crippen LogP contribution in [0.5, 0.6) is 11.5 Å². The molecule has 3 heterocycles. The molecule has 4 rings (SSSR count). The highest BCUT2D eigenvalue weighted by Crippen LogP contribution is 2.33. The summed E-state index contributed by atoms with van der Waals surface area (Å²) in [7, 11) is 3.34. The quantitative estimate of drug-likeness (QED) is 0.378. The lowest BCUT2D eigenvalue weighted by molar-refractivity contribution is -0.140. The van der Waals surface area contributed by atoms with Gasteiger partial charge in [0, 0.05) is 26.4 Å². The topological polar surface area (TPSA) is 100 Å². The van der Waals surface area contributed by atoms with E-state index in [1.165, 1.54) is 7.11 Å². The summed E-state index contributed by atoms with van der Waals surface area (Å²) >= 11 is 0. The third kappa shape index (κ3) is 4.76. The van der Waals surface area contributed by atoms with Crippen LogP contribution in [0.4, 0.5) is 5.82 Å². The molecule has 0 fully saturated rings. The van der Waals surface area contributed by atoms with Gasteiger partial charge in [0.05, 0.1) is 12.8 Å². The van der Waals surface area contributed by atoms with Crippen molar-refractivity contribution < 1.29 is 19.0 Å². The number of aryl methyl sites for hydroxylation is 3. The number of aromatic nitrogens is 4. The van der Waals surface area contributed by atoms with Gasteiger partial charge in [-0.2, -0.15) is 5.10 Å². The van der Waals surface area contributed by atoms with E-state index in [4.69, 9.17) is 29.3 Å². The summed E-state index contributed by atoms with van der Waals surface area (Å²) in [6.45, 7) is 2.97. The Morgan fingerprint density at radius 2 is 2.03 bits per heavy atom. The zero-order valence-electron chi connectivity index (χ0n) is 18.8. The number of ether oxygens (including phenoxy) is 3. The highest BCUT2D eigenvalue weighted by atomic mass is 16.7. The summed E-state index contributed by atoms with van der Waals surface area (Å²) in [6.07, 6.45) is 4.49. The number of methoxy groups -OCH3 is 1. The molecule has 0 saturated heterocycles. The molecule has 2 aromatic heterocycles. The van der Waals surface area contributed by atoms with Gasteiger partial charge in [0.2, 0.25) is 6.79 Å². The number of nitrogens with zero attached hydrogens (tertiary/aromatic N) is 4. The van der Waals surface area contributed by atoms with Crippen LogP contribution in [0.15, 0.2) is 18.2 Å². The average molecular weight is 440 g/mol. The lowest BCUT2D eigenvalue weighted by Crippen LogP contribution is -2.08. The monoisotopic (exact) mass is 439 g/mol. The van der Waals surface area contributed by atoms with Crippen LogP contribution in [0.3, 0.4) is 0 Å². The second kappa shape index (κ2) is 9.84. The summed E-state index contributed by atoms with van der Waals surface area (Å²) in [4.78, 5) is 21.0. The molecule has 0 radical (unpaired) electrons. The van der Waals surface area contributed by atoms with Gasteiger partial charge in [0.15, 0.2) is 17.3 Å². The van der Waals surface area contributed by atoms with E-state index < -0.39 is 0 Å². The first-order valence-corrected chi connectivity index (χ1v) is 11.0. The van der Waals surface area contributed by atoms with E-state index in [1.54, 1.807) is 0 Å². The zero-order valence-corrected chi connectivity index (χ0v) is 18.8. The molecule has 0 amide bonds. The highest BCUT2D eigenvalue weighted by molar-refractivity contribution is 5.87. The van der Waals surface area contributed by atoms with Gasteiger partial charge in [0.25, 0.3) is 0 Å². The number of carbonyl (C=O) groups excluding carboxylic acids is 1. The van der Waals surface area contributed by atoms with Crippen molar-refractivity contribution >= 4 is 22.8 Å². The number of esters is 1. The van der Waals surface area contributed by atoms with E-state index in [1.807, 2.05) is 29.9 Å². The Hall–Kier alpha value is -3.36. The lowest BCUT2D eigenvalue weighted by atomic mass is 10.1. The molecule has 1 aromatic carbocycles. The van der Waals surface area contributed by atoms with E-state index in [-0.39, 0.29) is 12.8 Å². The van der Waals surface area contributed by atoms with Crippen molar-refractivity contribution in [2.75, 3.05) is 19.2 Å². The maximum absolute atomic E-state index is 11.4. The van der Waals surface area contributed by atoms with Crippen molar-refractivity contribution in [1.82, 2.24) is 19.7 Å². The van der Waals surface area contributed by atoms with Crippen molar-refractivity contribution in [2.24, 2.45) is 7.05 Å². The third-order valence-electron chi connectivity index (χ3n) is 5.44. The summed E-state index contributed by atoms with van der Waals surface area (Å²) in [5.74, 6) is 2.84. The minimum absolute atomic E-state index is 0.190. The molecule has 1 aliphatic rings. The minimum atomic E-state index is -0.190. The maximum atomic E-state index is 11.4. The predicted molar refractivity (Wildman–Crippen MR) is 120 cm³/mol.